The van der Waals surface area contributed by atoms with E-state index in [-0.39, 0.29) is 12.0 Å². The number of aromatic nitrogens is 1. The van der Waals surface area contributed by atoms with Gasteiger partial charge in [0.1, 0.15) is 23.3 Å². The van der Waals surface area contributed by atoms with Crippen molar-refractivity contribution in [2.45, 2.75) is 106 Å². The summed E-state index contributed by atoms with van der Waals surface area (Å²) in [6, 6.07) is 11.1. The molecule has 0 amide bonds. The number of hydrogen-bond donors (Lipinski definition) is 3. The lowest BCUT2D eigenvalue weighted by Crippen LogP contribution is -2.81. The van der Waals surface area contributed by atoms with Gasteiger partial charge in [-0.15, -0.1) is 0 Å². The molecule has 13 heteroatoms. The van der Waals surface area contributed by atoms with E-state index in [1.54, 1.807) is 7.11 Å². The van der Waals surface area contributed by atoms with E-state index in [0.29, 0.717) is 69.5 Å². The van der Waals surface area contributed by atoms with Crippen LogP contribution in [0.1, 0.15) is 82.2 Å². The standard InChI is InChI=1S/C48H63N4O9/c1-9-44(56)25-30-26-47(42(54)59-7,38-32(17-22-52(11-3,27-30)28-44)31-15-12-13-16-35(31)49-38)34-23-33-36(24-37(34)58-6)50(5)40-46(33)19-21-51-20-14-18-45(10-2,39(46)51)41(61-29(4)53)48(40,57)43(55)60-8/h12-16,18,23-24,30,39-41,49,56-57H,9-11,17,19-22,25-28H2,1-8H3/q+1/t30-,39+,40-,41-,44+,45-,46-,47+,48+,52?/m1/s1. The SMILES string of the molecule is CC[C@]1(O)C[C@@H]2C[C@](C(=O)OC)(c3cc4c(cc3OC)N(C)[C@H]3[C@@](O)(C(=O)OC)[C@H](OC(C)=O)[C@]5(CC)C=CCN6CC[C@]43[C@@H]65)c3[nH]c4ccccc4c3CC[N+](CC)(C2)C1. The van der Waals surface area contributed by atoms with E-state index in [1.165, 1.54) is 21.1 Å². The number of piperidine rings is 1. The van der Waals surface area contributed by atoms with Crippen molar-refractivity contribution < 1.29 is 48.0 Å². The van der Waals surface area contributed by atoms with Gasteiger partial charge in [0, 0.05) is 83.6 Å². The predicted molar refractivity (Wildman–Crippen MR) is 229 cm³/mol. The number of benzene rings is 2. The smallest absolute Gasteiger partial charge is 0.344 e. The topological polar surface area (TPSA) is 151 Å². The summed E-state index contributed by atoms with van der Waals surface area (Å²) in [4.78, 5) is 51.1. The van der Waals surface area contributed by atoms with Gasteiger partial charge in [-0.05, 0) is 68.8 Å². The van der Waals surface area contributed by atoms with E-state index in [4.69, 9.17) is 18.9 Å². The number of quaternary nitrogens is 1. The van der Waals surface area contributed by atoms with Crippen LogP contribution in [0.25, 0.3) is 10.9 Å². The number of nitrogens with zero attached hydrogens (tertiary/aromatic N) is 3. The fraction of sp³-hybridized carbons (Fsp3) is 0.604. The third-order valence-electron chi connectivity index (χ3n) is 16.7. The molecule has 328 valence electrons. The molecule has 5 aliphatic heterocycles. The summed E-state index contributed by atoms with van der Waals surface area (Å²) in [7, 11) is 6.19. The number of methoxy groups -OCH3 is 3. The minimum absolute atomic E-state index is 0.0802. The van der Waals surface area contributed by atoms with Crippen molar-refractivity contribution in [1.82, 2.24) is 9.88 Å². The number of likely N-dealkylation sites (N-methyl/N-ethyl adjacent to an activating group) is 2. The van der Waals surface area contributed by atoms with Crippen molar-refractivity contribution in [3.63, 3.8) is 0 Å². The van der Waals surface area contributed by atoms with E-state index in [1.807, 2.05) is 37.1 Å². The number of carbonyl (C=O) groups excluding carboxylic acids is 3. The van der Waals surface area contributed by atoms with Crippen LogP contribution in [0.5, 0.6) is 5.75 Å². The number of esters is 3. The molecule has 0 radical (unpaired) electrons. The fourth-order valence-corrected chi connectivity index (χ4v) is 14.4. The molecule has 1 aromatic heterocycles. The molecule has 2 saturated heterocycles. The Kier molecular flexibility index (Phi) is 9.82. The van der Waals surface area contributed by atoms with Gasteiger partial charge < -0.3 is 43.5 Å². The summed E-state index contributed by atoms with van der Waals surface area (Å²) in [5.41, 5.74) is -1.54. The lowest BCUT2D eigenvalue weighted by Gasteiger charge is -2.63. The molecular weight excluding hydrogens is 777 g/mol. The van der Waals surface area contributed by atoms with Crippen LogP contribution in [0, 0.1) is 11.3 Å². The fourth-order valence-electron chi connectivity index (χ4n) is 14.4. The quantitative estimate of drug-likeness (QED) is 0.127. The lowest BCUT2D eigenvalue weighted by atomic mass is 9.47. The van der Waals surface area contributed by atoms with Gasteiger partial charge in [-0.1, -0.05) is 44.2 Å². The molecular formula is C48H63N4O9+. The van der Waals surface area contributed by atoms with Gasteiger partial charge in [0.15, 0.2) is 6.10 Å². The number of carbonyl (C=O) groups is 3. The number of hydrogen-bond acceptors (Lipinski definition) is 11. The molecule has 1 saturated carbocycles. The molecule has 6 heterocycles. The zero-order valence-corrected chi connectivity index (χ0v) is 37.0. The van der Waals surface area contributed by atoms with E-state index >= 15 is 4.79 Å². The van der Waals surface area contributed by atoms with E-state index in [9.17, 15) is 19.8 Å². The van der Waals surface area contributed by atoms with Gasteiger partial charge in [-0.2, -0.15) is 0 Å². The average Bonchev–Trinajstić information content (AvgIpc) is 3.92. The average molecular weight is 840 g/mol. The summed E-state index contributed by atoms with van der Waals surface area (Å²) in [6.07, 6.45) is 6.05. The van der Waals surface area contributed by atoms with E-state index < -0.39 is 57.5 Å². The first kappa shape index (κ1) is 41.9. The number of aromatic amines is 1. The lowest BCUT2D eigenvalue weighted by molar-refractivity contribution is -0.941. The van der Waals surface area contributed by atoms with Crippen molar-refractivity contribution in [1.29, 1.82) is 0 Å². The van der Waals surface area contributed by atoms with Crippen LogP contribution in [0.3, 0.4) is 0 Å². The van der Waals surface area contributed by atoms with E-state index in [0.717, 1.165) is 57.5 Å². The second-order valence-electron chi connectivity index (χ2n) is 19.2. The van der Waals surface area contributed by atoms with Crippen molar-refractivity contribution in [3.8, 4) is 5.75 Å². The van der Waals surface area contributed by atoms with Gasteiger partial charge in [0.25, 0.3) is 0 Å². The Hall–Kier alpha value is -4.43. The second-order valence-corrected chi connectivity index (χ2v) is 19.2. The first-order chi connectivity index (χ1) is 29.1. The normalized spacial score (nSPS) is 37.4. The molecule has 6 aliphatic rings. The number of H-pyrrole nitrogens is 1. The molecule has 1 spiro atoms. The molecule has 13 nitrogen and oxygen atoms in total. The van der Waals surface area contributed by atoms with Gasteiger partial charge >= 0.3 is 17.9 Å². The van der Waals surface area contributed by atoms with E-state index in [2.05, 4.69) is 54.1 Å². The van der Waals surface area contributed by atoms with Gasteiger partial charge in [0.05, 0.1) is 47.0 Å². The molecule has 1 aliphatic carbocycles. The number of ether oxygens (including phenoxy) is 4. The van der Waals surface area contributed by atoms with Crippen LogP contribution in [0.4, 0.5) is 5.69 Å². The first-order valence-electron chi connectivity index (χ1n) is 22.2. The Morgan fingerprint density at radius 3 is 2.39 bits per heavy atom. The van der Waals surface area contributed by atoms with Crippen LogP contribution in [-0.2, 0) is 45.8 Å². The summed E-state index contributed by atoms with van der Waals surface area (Å²) < 4.78 is 24.8. The third-order valence-corrected chi connectivity index (χ3v) is 16.7. The van der Waals surface area contributed by atoms with Gasteiger partial charge in [-0.3, -0.25) is 14.5 Å². The highest BCUT2D eigenvalue weighted by Crippen LogP contribution is 2.68. The highest BCUT2D eigenvalue weighted by atomic mass is 16.6. The largest absolute Gasteiger partial charge is 0.496 e. The third kappa shape index (κ3) is 5.42. The molecule has 2 bridgehead atoms. The molecule has 3 aromatic rings. The van der Waals surface area contributed by atoms with Crippen molar-refractivity contribution in [2.75, 3.05) is 72.5 Å². The van der Waals surface area contributed by atoms with Crippen LogP contribution in [-0.4, -0.2) is 140 Å². The van der Waals surface area contributed by atoms with Crippen molar-refractivity contribution in [2.24, 2.45) is 11.3 Å². The minimum Gasteiger partial charge on any atom is -0.496 e. The maximum Gasteiger partial charge on any atom is 0.344 e. The Morgan fingerprint density at radius 1 is 0.967 bits per heavy atom. The summed E-state index contributed by atoms with van der Waals surface area (Å²) in [6.45, 7) is 12.0. The Labute approximate surface area is 358 Å². The predicted octanol–water partition coefficient (Wildman–Crippen LogP) is 4.53. The highest BCUT2D eigenvalue weighted by Gasteiger charge is 2.80. The molecule has 2 aromatic carbocycles. The molecule has 61 heavy (non-hydrogen) atoms. The number of rotatable bonds is 8. The molecule has 9 rings (SSSR count). The molecule has 3 fully saturated rings. The first-order valence-corrected chi connectivity index (χ1v) is 22.2. The van der Waals surface area contributed by atoms with Crippen molar-refractivity contribution >= 4 is 34.5 Å². The van der Waals surface area contributed by atoms with Gasteiger partial charge in [-0.25, -0.2) is 4.79 Å². The Balaban J connectivity index is 1.37. The molecule has 1 unspecified atom stereocenters. The number of anilines is 1. The van der Waals surface area contributed by atoms with Crippen LogP contribution in [0.2, 0.25) is 0 Å². The second kappa shape index (κ2) is 14.3. The summed E-state index contributed by atoms with van der Waals surface area (Å²) in [5, 5.41) is 26.7. The molecule has 3 N–H and O–H groups in total. The zero-order valence-electron chi connectivity index (χ0n) is 37.0. The molecule has 10 atom stereocenters. The maximum absolute atomic E-state index is 15.5. The van der Waals surface area contributed by atoms with Crippen LogP contribution < -0.4 is 9.64 Å². The summed E-state index contributed by atoms with van der Waals surface area (Å²) >= 11 is 0. The van der Waals surface area contributed by atoms with Crippen LogP contribution >= 0.6 is 0 Å². The number of aliphatic hydroxyl groups is 2. The zero-order chi connectivity index (χ0) is 43.5. The monoisotopic (exact) mass is 839 g/mol. The maximum atomic E-state index is 15.5. The van der Waals surface area contributed by atoms with Crippen LogP contribution in [0.15, 0.2) is 48.6 Å². The number of para-hydroxylation sites is 1. The number of fused-ring (bicyclic) bond motifs is 6. The minimum atomic E-state index is -2.30. The number of nitrogens with one attached hydrogen (secondary N) is 1. The van der Waals surface area contributed by atoms with Crippen molar-refractivity contribution in [3.05, 3.63) is 70.9 Å². The Bertz CT molecular complexity index is 2330. The highest BCUT2D eigenvalue weighted by molar-refractivity contribution is 5.95. The van der Waals surface area contributed by atoms with Gasteiger partial charge in [0.2, 0.25) is 5.60 Å². The summed E-state index contributed by atoms with van der Waals surface area (Å²) in [5.74, 6) is -1.52. The Morgan fingerprint density at radius 2 is 1.72 bits per heavy atom.